The van der Waals surface area contributed by atoms with Gasteiger partial charge in [-0.3, -0.25) is 9.59 Å². The highest BCUT2D eigenvalue weighted by Crippen LogP contribution is 2.26. The third-order valence-electron chi connectivity index (χ3n) is 5.97. The Hall–Kier alpha value is -3.23. The van der Waals surface area contributed by atoms with Crippen LogP contribution in [0, 0.1) is 5.82 Å². The highest BCUT2D eigenvalue weighted by Gasteiger charge is 2.24. The van der Waals surface area contributed by atoms with Crippen molar-refractivity contribution in [3.63, 3.8) is 0 Å². The van der Waals surface area contributed by atoms with Crippen molar-refractivity contribution in [1.29, 1.82) is 0 Å². The third-order valence-corrected chi connectivity index (χ3v) is 6.85. The van der Waals surface area contributed by atoms with Gasteiger partial charge in [-0.1, -0.05) is 12.1 Å². The first-order chi connectivity index (χ1) is 16.9. The predicted molar refractivity (Wildman–Crippen MR) is 138 cm³/mol. The topological polar surface area (TPSA) is 61.9 Å². The van der Waals surface area contributed by atoms with Crippen molar-refractivity contribution in [3.05, 3.63) is 81.8 Å². The zero-order chi connectivity index (χ0) is 24.8. The minimum Gasteiger partial charge on any atom is -0.377 e. The van der Waals surface area contributed by atoms with E-state index in [0.717, 1.165) is 35.6 Å². The fourth-order valence-electron chi connectivity index (χ4n) is 4.23. The molecule has 2 aromatic carbocycles. The van der Waals surface area contributed by atoms with E-state index in [-0.39, 0.29) is 17.6 Å². The molecule has 1 aliphatic rings. The van der Waals surface area contributed by atoms with E-state index >= 15 is 0 Å². The van der Waals surface area contributed by atoms with Gasteiger partial charge in [0, 0.05) is 55.6 Å². The molecular weight excluding hydrogens is 465 g/mol. The van der Waals surface area contributed by atoms with Gasteiger partial charge >= 0.3 is 0 Å². The second kappa shape index (κ2) is 11.5. The number of carbonyl (C=O) groups excluding carboxylic acids is 2. The molecule has 1 N–H and O–H groups in total. The second-order valence-electron chi connectivity index (χ2n) is 8.87. The van der Waals surface area contributed by atoms with Gasteiger partial charge in [0.15, 0.2) is 0 Å². The molecule has 0 unspecified atom stereocenters. The minimum atomic E-state index is -0.463. The molecule has 0 saturated carbocycles. The summed E-state index contributed by atoms with van der Waals surface area (Å²) in [5.74, 6) is -0.810. The summed E-state index contributed by atoms with van der Waals surface area (Å²) in [6, 6.07) is 15.1. The van der Waals surface area contributed by atoms with Crippen LogP contribution in [0.1, 0.15) is 33.6 Å². The van der Waals surface area contributed by atoms with Gasteiger partial charge in [0.2, 0.25) is 5.91 Å². The van der Waals surface area contributed by atoms with Crippen LogP contribution >= 0.6 is 11.3 Å². The Balaban J connectivity index is 1.57. The molecule has 4 rings (SSSR count). The second-order valence-corrected chi connectivity index (χ2v) is 9.90. The molecule has 1 fully saturated rings. The van der Waals surface area contributed by atoms with Crippen LogP contribution in [0.4, 0.5) is 15.8 Å². The Morgan fingerprint density at radius 1 is 1.14 bits per heavy atom. The maximum atomic E-state index is 13.6. The van der Waals surface area contributed by atoms with Crippen molar-refractivity contribution in [1.82, 2.24) is 4.90 Å². The largest absolute Gasteiger partial charge is 0.377 e. The van der Waals surface area contributed by atoms with Crippen molar-refractivity contribution in [2.75, 3.05) is 37.5 Å². The summed E-state index contributed by atoms with van der Waals surface area (Å²) in [6.45, 7) is 1.64. The molecule has 2 heterocycles. The third kappa shape index (κ3) is 6.68. The summed E-state index contributed by atoms with van der Waals surface area (Å²) in [4.78, 5) is 30.9. The lowest BCUT2D eigenvalue weighted by Gasteiger charge is -2.28. The minimum absolute atomic E-state index is 0.0287. The summed E-state index contributed by atoms with van der Waals surface area (Å²) in [5, 5.41) is 4.83. The SMILES string of the molecule is CN(C)c1ccc(NC(=O)c2cccc(F)c2)cc1CN(C[C@@H]1CCCO1)C(=O)Cc1cccs1. The lowest BCUT2D eigenvalue weighted by atomic mass is 10.1. The van der Waals surface area contributed by atoms with Crippen molar-refractivity contribution in [3.8, 4) is 0 Å². The molecule has 35 heavy (non-hydrogen) atoms. The summed E-state index contributed by atoms with van der Waals surface area (Å²) >= 11 is 1.57. The number of hydrogen-bond donors (Lipinski definition) is 1. The number of halogens is 1. The number of nitrogens with one attached hydrogen (secondary N) is 1. The molecule has 1 aliphatic heterocycles. The number of anilines is 2. The molecule has 0 radical (unpaired) electrons. The maximum Gasteiger partial charge on any atom is 0.255 e. The molecule has 0 bridgehead atoms. The van der Waals surface area contributed by atoms with Gasteiger partial charge in [-0.15, -0.1) is 11.3 Å². The molecule has 1 aromatic heterocycles. The van der Waals surface area contributed by atoms with Crippen LogP contribution in [0.5, 0.6) is 0 Å². The Labute approximate surface area is 209 Å². The number of hydrogen-bond acceptors (Lipinski definition) is 5. The van der Waals surface area contributed by atoms with Gasteiger partial charge in [-0.25, -0.2) is 4.39 Å². The lowest BCUT2D eigenvalue weighted by molar-refractivity contribution is -0.132. The standard InChI is InChI=1S/C27H30FN3O3S/c1-30(2)25-11-10-22(29-27(33)19-6-3-7-21(28)14-19)15-20(25)17-31(18-23-8-4-12-34-23)26(32)16-24-9-5-13-35-24/h3,5-7,9-11,13-15,23H,4,8,12,16-18H2,1-2H3,(H,29,33)/t23-/m0/s1. The summed E-state index contributed by atoms with van der Waals surface area (Å²) in [5.41, 5.74) is 2.69. The lowest BCUT2D eigenvalue weighted by Crippen LogP contribution is -2.38. The first-order valence-corrected chi connectivity index (χ1v) is 12.6. The van der Waals surface area contributed by atoms with Crippen molar-refractivity contribution < 1.29 is 18.7 Å². The van der Waals surface area contributed by atoms with E-state index in [2.05, 4.69) is 5.32 Å². The van der Waals surface area contributed by atoms with Gasteiger partial charge < -0.3 is 19.9 Å². The molecule has 1 saturated heterocycles. The van der Waals surface area contributed by atoms with E-state index in [1.165, 1.54) is 18.2 Å². The van der Waals surface area contributed by atoms with Gasteiger partial charge in [-0.2, -0.15) is 0 Å². The van der Waals surface area contributed by atoms with Crippen LogP contribution in [0.25, 0.3) is 0 Å². The number of ether oxygens (including phenoxy) is 1. The van der Waals surface area contributed by atoms with E-state index in [1.54, 1.807) is 17.4 Å². The molecule has 1 atom stereocenters. The predicted octanol–water partition coefficient (Wildman–Crippen LogP) is 4.96. The number of thiophene rings is 1. The van der Waals surface area contributed by atoms with Crippen molar-refractivity contribution >= 4 is 34.5 Å². The van der Waals surface area contributed by atoms with E-state index in [0.29, 0.717) is 25.2 Å². The average Bonchev–Trinajstić information content (AvgIpc) is 3.53. The number of amides is 2. The maximum absolute atomic E-state index is 13.6. The van der Waals surface area contributed by atoms with Gasteiger partial charge in [0.1, 0.15) is 5.82 Å². The summed E-state index contributed by atoms with van der Waals surface area (Å²) in [6.07, 6.45) is 2.31. The Morgan fingerprint density at radius 3 is 2.69 bits per heavy atom. The smallest absolute Gasteiger partial charge is 0.255 e. The molecule has 0 aliphatic carbocycles. The quantitative estimate of drug-likeness (QED) is 0.456. The Kier molecular flexibility index (Phi) is 8.15. The fraction of sp³-hybridized carbons (Fsp3) is 0.333. The van der Waals surface area contributed by atoms with E-state index in [4.69, 9.17) is 4.74 Å². The van der Waals surface area contributed by atoms with Crippen LogP contribution in [0.15, 0.2) is 60.0 Å². The number of nitrogens with zero attached hydrogens (tertiary/aromatic N) is 2. The molecule has 6 nitrogen and oxygen atoms in total. The average molecular weight is 496 g/mol. The summed E-state index contributed by atoms with van der Waals surface area (Å²) in [7, 11) is 3.89. The fourth-order valence-corrected chi connectivity index (χ4v) is 4.92. The zero-order valence-corrected chi connectivity index (χ0v) is 20.8. The van der Waals surface area contributed by atoms with Crippen molar-refractivity contribution in [2.45, 2.75) is 31.9 Å². The number of carbonyl (C=O) groups is 2. The van der Waals surface area contributed by atoms with Crippen LogP contribution in [-0.2, 0) is 22.5 Å². The highest BCUT2D eigenvalue weighted by molar-refractivity contribution is 7.10. The monoisotopic (exact) mass is 495 g/mol. The van der Waals surface area contributed by atoms with Crippen LogP contribution in [0.2, 0.25) is 0 Å². The number of rotatable bonds is 9. The van der Waals surface area contributed by atoms with E-state index < -0.39 is 11.7 Å². The Bertz CT molecular complexity index is 1160. The first-order valence-electron chi connectivity index (χ1n) is 11.7. The Morgan fingerprint density at radius 2 is 2.00 bits per heavy atom. The molecule has 184 valence electrons. The molecule has 3 aromatic rings. The van der Waals surface area contributed by atoms with E-state index in [9.17, 15) is 14.0 Å². The number of benzene rings is 2. The molecule has 0 spiro atoms. The van der Waals surface area contributed by atoms with Crippen molar-refractivity contribution in [2.24, 2.45) is 0 Å². The van der Waals surface area contributed by atoms with Gasteiger partial charge in [0.05, 0.1) is 12.5 Å². The molecular formula is C27H30FN3O3S. The molecule has 2 amide bonds. The highest BCUT2D eigenvalue weighted by atomic mass is 32.1. The van der Waals surface area contributed by atoms with Crippen LogP contribution < -0.4 is 10.2 Å². The first kappa shape index (κ1) is 24.9. The van der Waals surface area contributed by atoms with Gasteiger partial charge in [0.25, 0.3) is 5.91 Å². The molecule has 8 heteroatoms. The normalized spacial score (nSPS) is 15.1. The van der Waals surface area contributed by atoms with E-state index in [1.807, 2.05) is 59.6 Å². The van der Waals surface area contributed by atoms with Crippen LogP contribution in [0.3, 0.4) is 0 Å². The zero-order valence-electron chi connectivity index (χ0n) is 20.0. The van der Waals surface area contributed by atoms with Gasteiger partial charge in [-0.05, 0) is 66.2 Å². The summed E-state index contributed by atoms with van der Waals surface area (Å²) < 4.78 is 19.4. The van der Waals surface area contributed by atoms with Crippen LogP contribution in [-0.4, -0.2) is 50.1 Å².